The number of nitrogens with zero attached hydrogens (tertiary/aromatic N) is 2. The average molecular weight is 290 g/mol. The van der Waals surface area contributed by atoms with Crippen molar-refractivity contribution in [1.82, 2.24) is 4.90 Å². The summed E-state index contributed by atoms with van der Waals surface area (Å²) in [6, 6.07) is 6.74. The number of aliphatic imine (C=N–C) groups is 1. The summed E-state index contributed by atoms with van der Waals surface area (Å²) in [7, 11) is 0. The van der Waals surface area contributed by atoms with Crippen molar-refractivity contribution < 1.29 is 0 Å². The third-order valence-corrected chi connectivity index (χ3v) is 4.27. The molecule has 3 rings (SSSR count). The average Bonchev–Trinajstić information content (AvgIpc) is 3.17. The minimum atomic E-state index is 0.896. The predicted octanol–water partition coefficient (Wildman–Crippen LogP) is 4.85. The van der Waals surface area contributed by atoms with Gasteiger partial charge in [0.05, 0.1) is 0 Å². The molecular weight excluding hydrogens is 268 g/mol. The molecule has 0 atom stereocenters. The van der Waals surface area contributed by atoms with Gasteiger partial charge >= 0.3 is 0 Å². The second-order valence-electron chi connectivity index (χ2n) is 5.63. The predicted molar refractivity (Wildman–Crippen MR) is 94.5 cm³/mol. The number of allylic oxidation sites excluding steroid dienone is 4. The number of aryl methyl sites for hydroxylation is 1. The summed E-state index contributed by atoms with van der Waals surface area (Å²) in [6.45, 7) is 9.47. The molecule has 2 nitrogen and oxygen atoms in total. The first-order valence-electron chi connectivity index (χ1n) is 7.87. The molecule has 0 saturated heterocycles. The Hall–Kier alpha value is -2.35. The number of rotatable bonds is 4. The van der Waals surface area contributed by atoms with E-state index in [2.05, 4.69) is 72.8 Å². The highest BCUT2D eigenvalue weighted by atomic mass is 15.2. The highest BCUT2D eigenvalue weighted by Crippen LogP contribution is 2.35. The van der Waals surface area contributed by atoms with E-state index in [1.165, 1.54) is 22.4 Å². The van der Waals surface area contributed by atoms with Crippen molar-refractivity contribution in [2.24, 2.45) is 4.99 Å². The third-order valence-electron chi connectivity index (χ3n) is 4.27. The first kappa shape index (κ1) is 14.6. The van der Waals surface area contributed by atoms with E-state index in [4.69, 9.17) is 0 Å². The summed E-state index contributed by atoms with van der Waals surface area (Å²) in [5.74, 6) is 0. The molecule has 0 amide bonds. The Morgan fingerprint density at radius 1 is 1.41 bits per heavy atom. The first-order chi connectivity index (χ1) is 10.7. The fourth-order valence-electron chi connectivity index (χ4n) is 2.92. The maximum atomic E-state index is 4.33. The van der Waals surface area contributed by atoms with Crippen molar-refractivity contribution in [3.63, 3.8) is 0 Å². The molecule has 1 aromatic rings. The fourth-order valence-corrected chi connectivity index (χ4v) is 2.92. The number of benzene rings is 1. The number of hydrogen-bond acceptors (Lipinski definition) is 2. The zero-order chi connectivity index (χ0) is 15.5. The van der Waals surface area contributed by atoms with Crippen LogP contribution in [-0.4, -0.2) is 10.6 Å². The summed E-state index contributed by atoms with van der Waals surface area (Å²) in [5.41, 5.74) is 7.38. The molecule has 2 heterocycles. The topological polar surface area (TPSA) is 15.6 Å². The molecule has 2 aliphatic rings. The van der Waals surface area contributed by atoms with Crippen molar-refractivity contribution in [3.8, 4) is 0 Å². The molecule has 0 saturated carbocycles. The molecule has 0 bridgehead atoms. The Balaban J connectivity index is 1.82. The highest BCUT2D eigenvalue weighted by molar-refractivity contribution is 5.98. The highest BCUT2D eigenvalue weighted by Gasteiger charge is 2.23. The lowest BCUT2D eigenvalue weighted by Gasteiger charge is -2.20. The molecule has 112 valence electrons. The first-order valence-corrected chi connectivity index (χ1v) is 7.87. The van der Waals surface area contributed by atoms with Gasteiger partial charge in [-0.2, -0.15) is 0 Å². The Morgan fingerprint density at radius 2 is 2.27 bits per heavy atom. The normalized spacial score (nSPS) is 17.5. The van der Waals surface area contributed by atoms with E-state index in [-0.39, 0.29) is 0 Å². The number of fused-ring (bicyclic) bond motifs is 1. The van der Waals surface area contributed by atoms with Crippen LogP contribution in [0.2, 0.25) is 0 Å². The van der Waals surface area contributed by atoms with Crippen LogP contribution in [0.3, 0.4) is 0 Å². The Bertz CT molecular complexity index is 717. The van der Waals surface area contributed by atoms with Gasteiger partial charge in [0, 0.05) is 41.8 Å². The second kappa shape index (κ2) is 6.18. The van der Waals surface area contributed by atoms with Gasteiger partial charge in [0.15, 0.2) is 0 Å². The van der Waals surface area contributed by atoms with Gasteiger partial charge in [0.25, 0.3) is 0 Å². The zero-order valence-electron chi connectivity index (χ0n) is 13.3. The van der Waals surface area contributed by atoms with Crippen molar-refractivity contribution in [1.29, 1.82) is 0 Å². The monoisotopic (exact) mass is 290 g/mol. The molecule has 2 heteroatoms. The van der Waals surface area contributed by atoms with Crippen LogP contribution >= 0.6 is 0 Å². The van der Waals surface area contributed by atoms with Gasteiger partial charge in [-0.05, 0) is 42.7 Å². The molecule has 1 aromatic carbocycles. The smallest absolute Gasteiger partial charge is 0.0488 e. The second-order valence-corrected chi connectivity index (χ2v) is 5.63. The maximum absolute atomic E-state index is 4.33. The van der Waals surface area contributed by atoms with E-state index in [9.17, 15) is 0 Å². The lowest BCUT2D eigenvalue weighted by molar-refractivity contribution is 0.523. The molecule has 0 N–H and O–H groups in total. The summed E-state index contributed by atoms with van der Waals surface area (Å²) >= 11 is 0. The largest absolute Gasteiger partial charge is 0.337 e. The summed E-state index contributed by atoms with van der Waals surface area (Å²) in [5, 5.41) is 0. The lowest BCUT2D eigenvalue weighted by atomic mass is 10.0. The molecule has 0 unspecified atom stereocenters. The molecular formula is C20H22N2. The van der Waals surface area contributed by atoms with Crippen LogP contribution in [0.4, 0.5) is 0 Å². The molecule has 0 fully saturated rings. The molecule has 0 radical (unpaired) electrons. The van der Waals surface area contributed by atoms with E-state index in [1.807, 2.05) is 6.20 Å². The van der Waals surface area contributed by atoms with Crippen LogP contribution in [0.5, 0.6) is 0 Å². The summed E-state index contributed by atoms with van der Waals surface area (Å²) < 4.78 is 0. The molecule has 0 aliphatic carbocycles. The van der Waals surface area contributed by atoms with Crippen molar-refractivity contribution in [3.05, 3.63) is 77.7 Å². The molecule has 0 spiro atoms. The van der Waals surface area contributed by atoms with Gasteiger partial charge in [-0.25, -0.2) is 0 Å². The van der Waals surface area contributed by atoms with Gasteiger partial charge in [0.2, 0.25) is 0 Å². The van der Waals surface area contributed by atoms with E-state index in [1.54, 1.807) is 0 Å². The Kier molecular flexibility index (Phi) is 4.10. The fraction of sp³-hybridized carbons (Fsp3) is 0.250. The molecule has 0 aromatic heterocycles. The SMILES string of the molecule is C=C1c2cc(CC)ccc2CN1C(/C=C\C1=NC=CC1)=C/C. The standard InChI is InChI=1S/C20H22N2/c1-4-16-8-9-17-14-22(15(3)20(17)13-16)19(5-2)11-10-18-7-6-12-21-18/h5-6,8-13H,3-4,7,14H2,1-2H3/b11-10-,19-5+. The van der Waals surface area contributed by atoms with Crippen molar-refractivity contribution >= 4 is 11.4 Å². The molecule has 2 aliphatic heterocycles. The minimum Gasteiger partial charge on any atom is -0.337 e. The zero-order valence-corrected chi connectivity index (χ0v) is 13.3. The molecule has 22 heavy (non-hydrogen) atoms. The van der Waals surface area contributed by atoms with Crippen LogP contribution in [-0.2, 0) is 13.0 Å². The van der Waals surface area contributed by atoms with E-state index in [0.717, 1.165) is 30.8 Å². The summed E-state index contributed by atoms with van der Waals surface area (Å²) in [6.07, 6.45) is 12.3. The lowest BCUT2D eigenvalue weighted by Crippen LogP contribution is -2.13. The van der Waals surface area contributed by atoms with E-state index < -0.39 is 0 Å². The van der Waals surface area contributed by atoms with Crippen LogP contribution < -0.4 is 0 Å². The Morgan fingerprint density at radius 3 is 2.95 bits per heavy atom. The van der Waals surface area contributed by atoms with E-state index in [0.29, 0.717) is 0 Å². The van der Waals surface area contributed by atoms with Gasteiger partial charge in [-0.3, -0.25) is 4.99 Å². The van der Waals surface area contributed by atoms with Crippen LogP contribution in [0, 0.1) is 0 Å². The summed E-state index contributed by atoms with van der Waals surface area (Å²) in [4.78, 5) is 6.61. The van der Waals surface area contributed by atoms with Gasteiger partial charge in [-0.15, -0.1) is 0 Å². The number of hydrogen-bond donors (Lipinski definition) is 0. The van der Waals surface area contributed by atoms with Gasteiger partial charge < -0.3 is 4.90 Å². The van der Waals surface area contributed by atoms with Gasteiger partial charge in [-0.1, -0.05) is 37.8 Å². The van der Waals surface area contributed by atoms with Crippen molar-refractivity contribution in [2.45, 2.75) is 33.2 Å². The van der Waals surface area contributed by atoms with E-state index >= 15 is 0 Å². The Labute approximate surface area is 132 Å². The van der Waals surface area contributed by atoms with Crippen molar-refractivity contribution in [2.75, 3.05) is 0 Å². The van der Waals surface area contributed by atoms with Crippen LogP contribution in [0.25, 0.3) is 5.70 Å². The quantitative estimate of drug-likeness (QED) is 0.723. The van der Waals surface area contributed by atoms with Crippen LogP contribution in [0.1, 0.15) is 37.0 Å². The van der Waals surface area contributed by atoms with Gasteiger partial charge in [0.1, 0.15) is 0 Å². The maximum Gasteiger partial charge on any atom is 0.0488 e. The third kappa shape index (κ3) is 2.69. The minimum absolute atomic E-state index is 0.896. The van der Waals surface area contributed by atoms with Crippen LogP contribution in [0.15, 0.2) is 66.0 Å².